The lowest BCUT2D eigenvalue weighted by Gasteiger charge is -2.35. The number of rotatable bonds is 7. The van der Waals surface area contributed by atoms with Crippen molar-refractivity contribution in [3.05, 3.63) is 24.0 Å². The zero-order valence-corrected chi connectivity index (χ0v) is 17.2. The molecule has 2 fully saturated rings. The van der Waals surface area contributed by atoms with E-state index in [1.165, 1.54) is 24.9 Å². The molecule has 4 rings (SSSR count). The van der Waals surface area contributed by atoms with Gasteiger partial charge in [-0.05, 0) is 25.5 Å². The second-order valence-corrected chi connectivity index (χ2v) is 7.99. The Morgan fingerprint density at radius 2 is 1.96 bits per heavy atom. The Balaban J connectivity index is 1.29. The average Bonchev–Trinajstić information content (AvgIpc) is 3.30. The summed E-state index contributed by atoms with van der Waals surface area (Å²) < 4.78 is 9.24. The molecule has 0 radical (unpaired) electrons. The molecule has 2 aliphatic rings. The molecule has 2 saturated heterocycles. The monoisotopic (exact) mass is 387 g/mol. The van der Waals surface area contributed by atoms with Gasteiger partial charge in [0.05, 0.1) is 18.9 Å². The third kappa shape index (κ3) is 4.81. The number of nitrogens with zero attached hydrogens (tertiary/aromatic N) is 6. The van der Waals surface area contributed by atoms with Gasteiger partial charge < -0.3 is 15.0 Å². The topological polar surface area (TPSA) is 63.4 Å². The van der Waals surface area contributed by atoms with Gasteiger partial charge >= 0.3 is 0 Å². The summed E-state index contributed by atoms with van der Waals surface area (Å²) in [5.74, 6) is 0. The smallest absolute Gasteiger partial charge is 0.115 e. The molecular formula is C20H33N7O. The molecule has 0 spiro atoms. The highest BCUT2D eigenvalue weighted by Gasteiger charge is 2.21. The Kier molecular flexibility index (Phi) is 6.41. The molecule has 0 saturated carbocycles. The number of aromatic nitrogens is 4. The van der Waals surface area contributed by atoms with E-state index in [0.29, 0.717) is 6.04 Å². The first-order chi connectivity index (χ1) is 13.7. The van der Waals surface area contributed by atoms with Gasteiger partial charge in [0.2, 0.25) is 0 Å². The van der Waals surface area contributed by atoms with Gasteiger partial charge in [0.25, 0.3) is 0 Å². The molecule has 2 aromatic rings. The fraction of sp³-hybridized carbons (Fsp3) is 0.700. The van der Waals surface area contributed by atoms with E-state index in [9.17, 15) is 0 Å². The summed E-state index contributed by atoms with van der Waals surface area (Å²) in [7, 11) is 3.95. The number of likely N-dealkylation sites (tertiary alicyclic amines) is 1. The van der Waals surface area contributed by atoms with Crippen molar-refractivity contribution in [2.45, 2.75) is 25.4 Å². The van der Waals surface area contributed by atoms with E-state index in [-0.39, 0.29) is 0 Å². The summed E-state index contributed by atoms with van der Waals surface area (Å²) in [6.45, 7) is 9.43. The molecule has 1 atom stereocenters. The van der Waals surface area contributed by atoms with Crippen LogP contribution in [0, 0.1) is 0 Å². The molecule has 28 heavy (non-hydrogen) atoms. The number of aryl methyl sites for hydroxylation is 2. The lowest BCUT2D eigenvalue weighted by atomic mass is 10.0. The summed E-state index contributed by atoms with van der Waals surface area (Å²) >= 11 is 0. The van der Waals surface area contributed by atoms with E-state index >= 15 is 0 Å². The van der Waals surface area contributed by atoms with Gasteiger partial charge in [-0.2, -0.15) is 10.2 Å². The zero-order chi connectivity index (χ0) is 19.3. The quantitative estimate of drug-likeness (QED) is 0.755. The van der Waals surface area contributed by atoms with Crippen molar-refractivity contribution >= 4 is 0 Å². The first-order valence-corrected chi connectivity index (χ1v) is 10.5. The van der Waals surface area contributed by atoms with Gasteiger partial charge in [0.1, 0.15) is 5.69 Å². The number of piperidine rings is 1. The van der Waals surface area contributed by atoms with Crippen LogP contribution in [0.25, 0.3) is 11.4 Å². The molecule has 0 aliphatic carbocycles. The minimum atomic E-state index is 0.540. The summed E-state index contributed by atoms with van der Waals surface area (Å²) in [6, 6.07) is 2.57. The molecule has 0 amide bonds. The van der Waals surface area contributed by atoms with Gasteiger partial charge in [0, 0.05) is 77.4 Å². The molecule has 0 aromatic carbocycles. The average molecular weight is 388 g/mol. The summed E-state index contributed by atoms with van der Waals surface area (Å²) in [6.07, 6.45) is 6.46. The van der Waals surface area contributed by atoms with Crippen LogP contribution in [0.1, 0.15) is 18.4 Å². The van der Waals surface area contributed by atoms with E-state index in [2.05, 4.69) is 31.5 Å². The highest BCUT2D eigenvalue weighted by atomic mass is 16.5. The van der Waals surface area contributed by atoms with E-state index in [1.807, 2.05) is 35.7 Å². The van der Waals surface area contributed by atoms with Crippen LogP contribution in [0.3, 0.4) is 0 Å². The molecule has 8 heteroatoms. The van der Waals surface area contributed by atoms with Crippen LogP contribution in [0.4, 0.5) is 0 Å². The lowest BCUT2D eigenvalue weighted by molar-refractivity contribution is 0.0315. The maximum absolute atomic E-state index is 5.45. The normalized spacial score (nSPS) is 22.0. The van der Waals surface area contributed by atoms with Crippen LogP contribution < -0.4 is 5.32 Å². The predicted octanol–water partition coefficient (Wildman–Crippen LogP) is 0.707. The number of nitrogens with one attached hydrogen (secondary N) is 1. The Morgan fingerprint density at radius 3 is 2.75 bits per heavy atom. The maximum Gasteiger partial charge on any atom is 0.115 e. The van der Waals surface area contributed by atoms with Crippen LogP contribution >= 0.6 is 0 Å². The Bertz CT molecular complexity index is 750. The molecule has 154 valence electrons. The standard InChI is InChI=1S/C20H33N7O/c1-24-15-17(20(23-24)19-5-6-22-25(19)2)14-21-18-4-3-7-27(16-18)9-8-26-10-12-28-13-11-26/h5-6,15,18,21H,3-4,7-14,16H2,1-2H3. The first-order valence-electron chi connectivity index (χ1n) is 10.5. The first kappa shape index (κ1) is 19.6. The van der Waals surface area contributed by atoms with E-state index in [0.717, 1.165) is 63.9 Å². The number of ether oxygens (including phenoxy) is 1. The predicted molar refractivity (Wildman–Crippen MR) is 109 cm³/mol. The SMILES string of the molecule is Cn1cc(CNC2CCCN(CCN3CCOCC3)C2)c(-c2ccnn2C)n1. The Hall–Kier alpha value is -1.74. The van der Waals surface area contributed by atoms with Crippen molar-refractivity contribution in [1.29, 1.82) is 0 Å². The fourth-order valence-electron chi connectivity index (χ4n) is 4.28. The minimum Gasteiger partial charge on any atom is -0.379 e. The third-order valence-electron chi connectivity index (χ3n) is 5.89. The van der Waals surface area contributed by atoms with Crippen molar-refractivity contribution in [2.24, 2.45) is 14.1 Å². The molecule has 2 aromatic heterocycles. The van der Waals surface area contributed by atoms with E-state index < -0.39 is 0 Å². The molecule has 8 nitrogen and oxygen atoms in total. The van der Waals surface area contributed by atoms with E-state index in [4.69, 9.17) is 4.74 Å². The zero-order valence-electron chi connectivity index (χ0n) is 17.2. The van der Waals surface area contributed by atoms with Crippen LogP contribution in [-0.4, -0.2) is 87.9 Å². The minimum absolute atomic E-state index is 0.540. The summed E-state index contributed by atoms with van der Waals surface area (Å²) in [4.78, 5) is 5.14. The van der Waals surface area contributed by atoms with Gasteiger partial charge in [-0.3, -0.25) is 14.3 Å². The number of hydrogen-bond acceptors (Lipinski definition) is 6. The van der Waals surface area contributed by atoms with Crippen LogP contribution in [-0.2, 0) is 25.4 Å². The second-order valence-electron chi connectivity index (χ2n) is 7.99. The lowest BCUT2D eigenvalue weighted by Crippen LogP contribution is -2.48. The largest absolute Gasteiger partial charge is 0.379 e. The van der Waals surface area contributed by atoms with Crippen molar-refractivity contribution in [3.8, 4) is 11.4 Å². The van der Waals surface area contributed by atoms with Gasteiger partial charge in [-0.1, -0.05) is 0 Å². The van der Waals surface area contributed by atoms with Crippen LogP contribution in [0.5, 0.6) is 0 Å². The number of hydrogen-bond donors (Lipinski definition) is 1. The van der Waals surface area contributed by atoms with Crippen molar-refractivity contribution in [3.63, 3.8) is 0 Å². The van der Waals surface area contributed by atoms with Gasteiger partial charge in [-0.25, -0.2) is 0 Å². The highest BCUT2D eigenvalue weighted by molar-refractivity contribution is 5.58. The third-order valence-corrected chi connectivity index (χ3v) is 5.89. The molecule has 1 N–H and O–H groups in total. The fourth-order valence-corrected chi connectivity index (χ4v) is 4.28. The van der Waals surface area contributed by atoms with Crippen LogP contribution in [0.15, 0.2) is 18.5 Å². The Morgan fingerprint density at radius 1 is 1.14 bits per heavy atom. The molecule has 0 bridgehead atoms. The van der Waals surface area contributed by atoms with Gasteiger partial charge in [-0.15, -0.1) is 0 Å². The molecule has 2 aliphatic heterocycles. The van der Waals surface area contributed by atoms with E-state index in [1.54, 1.807) is 0 Å². The Labute approximate surface area is 167 Å². The van der Waals surface area contributed by atoms with Crippen molar-refractivity contribution < 1.29 is 4.74 Å². The maximum atomic E-state index is 5.45. The summed E-state index contributed by atoms with van der Waals surface area (Å²) in [5, 5.41) is 12.7. The van der Waals surface area contributed by atoms with Gasteiger partial charge in [0.15, 0.2) is 0 Å². The van der Waals surface area contributed by atoms with Crippen molar-refractivity contribution in [2.75, 3.05) is 52.5 Å². The summed E-state index contributed by atoms with van der Waals surface area (Å²) in [5.41, 5.74) is 3.32. The molecular weight excluding hydrogens is 354 g/mol. The highest BCUT2D eigenvalue weighted by Crippen LogP contribution is 2.21. The number of morpholine rings is 1. The van der Waals surface area contributed by atoms with Crippen molar-refractivity contribution in [1.82, 2.24) is 34.7 Å². The second kappa shape index (κ2) is 9.17. The van der Waals surface area contributed by atoms with Crippen LogP contribution in [0.2, 0.25) is 0 Å². The molecule has 1 unspecified atom stereocenters. The molecule has 4 heterocycles.